The summed E-state index contributed by atoms with van der Waals surface area (Å²) < 4.78 is 18.7. The Kier molecular flexibility index (Phi) is 3.06. The number of pyridine rings is 1. The molecule has 0 saturated carbocycles. The maximum atomic E-state index is 13.4. The van der Waals surface area contributed by atoms with Crippen molar-refractivity contribution in [3.05, 3.63) is 52.9 Å². The van der Waals surface area contributed by atoms with E-state index in [1.54, 1.807) is 30.3 Å². The molecule has 82 valence electrons. The van der Waals surface area contributed by atoms with Gasteiger partial charge in [0, 0.05) is 6.07 Å². The fraction of sp³-hybridized carbons (Fsp3) is 0.0833. The molecule has 0 spiro atoms. The van der Waals surface area contributed by atoms with Crippen molar-refractivity contribution < 1.29 is 9.13 Å². The van der Waals surface area contributed by atoms with Crippen molar-refractivity contribution in [3.63, 3.8) is 0 Å². The summed E-state index contributed by atoms with van der Waals surface area (Å²) >= 11 is 5.70. The lowest BCUT2D eigenvalue weighted by atomic mass is 10.2. The quantitative estimate of drug-likeness (QED) is 0.738. The van der Waals surface area contributed by atoms with E-state index < -0.39 is 5.82 Å². The highest BCUT2D eigenvalue weighted by Gasteiger charge is 2.05. The SMILES string of the molecule is Cc1ccc(F)c(Oc2cccc(Cl)n2)c1. The number of hydrogen-bond donors (Lipinski definition) is 0. The predicted molar refractivity (Wildman–Crippen MR) is 60.5 cm³/mol. The zero-order valence-electron chi connectivity index (χ0n) is 8.58. The molecule has 0 aliphatic heterocycles. The fourth-order valence-electron chi connectivity index (χ4n) is 1.25. The van der Waals surface area contributed by atoms with Crippen LogP contribution in [0.3, 0.4) is 0 Å². The molecule has 2 nitrogen and oxygen atoms in total. The van der Waals surface area contributed by atoms with Gasteiger partial charge in [0.15, 0.2) is 11.6 Å². The number of halogens is 2. The molecule has 0 atom stereocenters. The maximum absolute atomic E-state index is 13.4. The minimum atomic E-state index is -0.424. The summed E-state index contributed by atoms with van der Waals surface area (Å²) in [6.07, 6.45) is 0. The zero-order chi connectivity index (χ0) is 11.5. The highest BCUT2D eigenvalue weighted by molar-refractivity contribution is 6.29. The van der Waals surface area contributed by atoms with Gasteiger partial charge in [-0.1, -0.05) is 23.7 Å². The predicted octanol–water partition coefficient (Wildman–Crippen LogP) is 3.97. The molecule has 4 heteroatoms. The van der Waals surface area contributed by atoms with Crippen LogP contribution in [0.2, 0.25) is 5.15 Å². The lowest BCUT2D eigenvalue weighted by molar-refractivity contribution is 0.427. The summed E-state index contributed by atoms with van der Waals surface area (Å²) in [6.45, 7) is 1.86. The molecule has 2 rings (SSSR count). The highest BCUT2D eigenvalue weighted by atomic mass is 35.5. The molecule has 1 heterocycles. The monoisotopic (exact) mass is 237 g/mol. The number of ether oxygens (including phenoxy) is 1. The van der Waals surface area contributed by atoms with Gasteiger partial charge < -0.3 is 4.74 Å². The third kappa shape index (κ3) is 2.49. The number of rotatable bonds is 2. The summed E-state index contributed by atoms with van der Waals surface area (Å²) in [5.41, 5.74) is 0.915. The number of nitrogens with zero attached hydrogens (tertiary/aromatic N) is 1. The van der Waals surface area contributed by atoms with E-state index in [1.807, 2.05) is 6.92 Å². The van der Waals surface area contributed by atoms with Gasteiger partial charge >= 0.3 is 0 Å². The lowest BCUT2D eigenvalue weighted by Gasteiger charge is -2.06. The second-order valence-corrected chi connectivity index (χ2v) is 3.72. The first-order chi connectivity index (χ1) is 7.65. The minimum Gasteiger partial charge on any atom is -0.436 e. The smallest absolute Gasteiger partial charge is 0.220 e. The minimum absolute atomic E-state index is 0.148. The van der Waals surface area contributed by atoms with Gasteiger partial charge in [0.05, 0.1) is 0 Å². The Labute approximate surface area is 97.7 Å². The van der Waals surface area contributed by atoms with Gasteiger partial charge in [0.2, 0.25) is 5.88 Å². The van der Waals surface area contributed by atoms with Gasteiger partial charge in [-0.3, -0.25) is 0 Å². The van der Waals surface area contributed by atoms with Gasteiger partial charge in [0.25, 0.3) is 0 Å². The molecular weight excluding hydrogens is 229 g/mol. The van der Waals surface area contributed by atoms with Gasteiger partial charge in [-0.05, 0) is 30.7 Å². The average Bonchev–Trinajstić information content (AvgIpc) is 2.24. The average molecular weight is 238 g/mol. The zero-order valence-corrected chi connectivity index (χ0v) is 9.33. The van der Waals surface area contributed by atoms with E-state index in [0.717, 1.165) is 5.56 Å². The molecule has 1 aromatic heterocycles. The molecule has 1 aromatic carbocycles. The molecule has 0 bridgehead atoms. The second-order valence-electron chi connectivity index (χ2n) is 3.33. The standard InChI is InChI=1S/C12H9ClFNO/c1-8-5-6-9(14)10(7-8)16-12-4-2-3-11(13)15-12/h2-7H,1H3. The number of aryl methyl sites for hydroxylation is 1. The first-order valence-electron chi connectivity index (χ1n) is 4.72. The van der Waals surface area contributed by atoms with Crippen LogP contribution in [0.25, 0.3) is 0 Å². The third-order valence-corrected chi connectivity index (χ3v) is 2.20. The number of aromatic nitrogens is 1. The molecule has 0 amide bonds. The van der Waals surface area contributed by atoms with Crippen molar-refractivity contribution >= 4 is 11.6 Å². The van der Waals surface area contributed by atoms with Gasteiger partial charge in [-0.25, -0.2) is 9.37 Å². The molecule has 0 radical (unpaired) electrons. The van der Waals surface area contributed by atoms with Crippen molar-refractivity contribution in [3.8, 4) is 11.6 Å². The Balaban J connectivity index is 2.30. The number of hydrogen-bond acceptors (Lipinski definition) is 2. The molecular formula is C12H9ClFNO. The Morgan fingerprint density at radius 3 is 2.81 bits per heavy atom. The summed E-state index contributed by atoms with van der Waals surface area (Å²) in [7, 11) is 0. The largest absolute Gasteiger partial charge is 0.436 e. The van der Waals surface area contributed by atoms with Crippen LogP contribution in [0.5, 0.6) is 11.6 Å². The second kappa shape index (κ2) is 4.49. The topological polar surface area (TPSA) is 22.1 Å². The molecule has 16 heavy (non-hydrogen) atoms. The Morgan fingerprint density at radius 1 is 1.25 bits per heavy atom. The Morgan fingerprint density at radius 2 is 2.06 bits per heavy atom. The summed E-state index contributed by atoms with van der Waals surface area (Å²) in [5.74, 6) is -0.000794. The maximum Gasteiger partial charge on any atom is 0.220 e. The first kappa shape index (κ1) is 10.9. The van der Waals surface area contributed by atoms with Crippen LogP contribution in [0.4, 0.5) is 4.39 Å². The normalized spacial score (nSPS) is 10.2. The van der Waals surface area contributed by atoms with E-state index in [2.05, 4.69) is 4.98 Å². The van der Waals surface area contributed by atoms with E-state index in [4.69, 9.17) is 16.3 Å². The van der Waals surface area contributed by atoms with Crippen LogP contribution in [0, 0.1) is 12.7 Å². The molecule has 0 aliphatic carbocycles. The fourth-order valence-corrected chi connectivity index (χ4v) is 1.40. The van der Waals surface area contributed by atoms with E-state index in [-0.39, 0.29) is 11.6 Å². The molecule has 0 unspecified atom stereocenters. The van der Waals surface area contributed by atoms with Crippen molar-refractivity contribution in [2.75, 3.05) is 0 Å². The molecule has 0 fully saturated rings. The van der Waals surface area contributed by atoms with E-state index >= 15 is 0 Å². The van der Waals surface area contributed by atoms with Gasteiger partial charge in [-0.15, -0.1) is 0 Å². The Bertz CT molecular complexity index is 516. The Hall–Kier alpha value is -1.61. The van der Waals surface area contributed by atoms with Crippen LogP contribution in [0.1, 0.15) is 5.56 Å². The van der Waals surface area contributed by atoms with Crippen LogP contribution in [-0.2, 0) is 0 Å². The van der Waals surface area contributed by atoms with Crippen LogP contribution < -0.4 is 4.74 Å². The van der Waals surface area contributed by atoms with Crippen molar-refractivity contribution in [1.82, 2.24) is 4.98 Å². The first-order valence-corrected chi connectivity index (χ1v) is 5.09. The van der Waals surface area contributed by atoms with Crippen molar-refractivity contribution in [2.24, 2.45) is 0 Å². The number of benzene rings is 1. The highest BCUT2D eigenvalue weighted by Crippen LogP contribution is 2.24. The third-order valence-electron chi connectivity index (χ3n) is 1.99. The molecule has 0 N–H and O–H groups in total. The van der Waals surface area contributed by atoms with E-state index in [9.17, 15) is 4.39 Å². The van der Waals surface area contributed by atoms with Gasteiger partial charge in [-0.2, -0.15) is 0 Å². The summed E-state index contributed by atoms with van der Waals surface area (Å²) in [6, 6.07) is 9.58. The summed E-state index contributed by atoms with van der Waals surface area (Å²) in [5, 5.41) is 0.311. The molecule has 2 aromatic rings. The lowest BCUT2D eigenvalue weighted by Crippen LogP contribution is -1.91. The molecule has 0 saturated heterocycles. The van der Waals surface area contributed by atoms with Crippen molar-refractivity contribution in [2.45, 2.75) is 6.92 Å². The van der Waals surface area contributed by atoms with Crippen LogP contribution in [0.15, 0.2) is 36.4 Å². The van der Waals surface area contributed by atoms with E-state index in [0.29, 0.717) is 5.15 Å². The van der Waals surface area contributed by atoms with Crippen LogP contribution in [-0.4, -0.2) is 4.98 Å². The van der Waals surface area contributed by atoms with Crippen LogP contribution >= 0.6 is 11.6 Å². The van der Waals surface area contributed by atoms with Crippen molar-refractivity contribution in [1.29, 1.82) is 0 Å². The van der Waals surface area contributed by atoms with Gasteiger partial charge in [0.1, 0.15) is 5.15 Å². The summed E-state index contributed by atoms with van der Waals surface area (Å²) in [4.78, 5) is 3.92. The molecule has 0 aliphatic rings. The van der Waals surface area contributed by atoms with E-state index in [1.165, 1.54) is 6.07 Å².